The van der Waals surface area contributed by atoms with Crippen LogP contribution in [0.5, 0.6) is 0 Å². The molecule has 0 bridgehead atoms. The molecule has 1 unspecified atom stereocenters. The van der Waals surface area contributed by atoms with Crippen molar-refractivity contribution in [2.45, 2.75) is 13.3 Å². The smallest absolute Gasteiger partial charge is 0.331 e. The highest BCUT2D eigenvalue weighted by Gasteiger charge is 2.36. The van der Waals surface area contributed by atoms with Gasteiger partial charge in [-0.2, -0.15) is 0 Å². The third-order valence-electron chi connectivity index (χ3n) is 3.34. The third kappa shape index (κ3) is 3.86. The van der Waals surface area contributed by atoms with Gasteiger partial charge in [-0.05, 0) is 25.5 Å². The van der Waals surface area contributed by atoms with Gasteiger partial charge in [0, 0.05) is 11.1 Å². The molecule has 1 aromatic rings. The first-order chi connectivity index (χ1) is 10.5. The summed E-state index contributed by atoms with van der Waals surface area (Å²) in [6.07, 6.45) is 4.84. The summed E-state index contributed by atoms with van der Waals surface area (Å²) < 4.78 is 5.15. The molecule has 0 saturated heterocycles. The maximum Gasteiger partial charge on any atom is 0.331 e. The first-order valence-corrected chi connectivity index (χ1v) is 6.84. The molecule has 4 heteroatoms. The van der Waals surface area contributed by atoms with Gasteiger partial charge in [0.25, 0.3) is 0 Å². The van der Waals surface area contributed by atoms with E-state index in [0.717, 1.165) is 5.56 Å². The molecular formula is C18H16O4. The molecule has 22 heavy (non-hydrogen) atoms. The Labute approximate surface area is 129 Å². The third-order valence-corrected chi connectivity index (χ3v) is 3.34. The Morgan fingerprint density at radius 1 is 1.32 bits per heavy atom. The summed E-state index contributed by atoms with van der Waals surface area (Å²) in [7, 11) is 0. The molecular weight excluding hydrogens is 280 g/mol. The number of carbonyl (C=O) groups excluding carboxylic acids is 1. The van der Waals surface area contributed by atoms with Crippen molar-refractivity contribution in [2.24, 2.45) is 5.41 Å². The lowest BCUT2D eigenvalue weighted by Crippen LogP contribution is -2.31. The predicted octanol–water partition coefficient (Wildman–Crippen LogP) is 2.56. The lowest BCUT2D eigenvalue weighted by Gasteiger charge is -2.25. The van der Waals surface area contributed by atoms with Crippen molar-refractivity contribution in [1.82, 2.24) is 0 Å². The van der Waals surface area contributed by atoms with Gasteiger partial charge < -0.3 is 9.84 Å². The molecule has 0 heterocycles. The Bertz CT molecular complexity index is 689. The lowest BCUT2D eigenvalue weighted by molar-refractivity contribution is -0.150. The standard InChI is InChI=1S/C18H16O4/c1-18(11-5-10-15(13-18)16(19)20)17(21)22-12-6-9-14-7-3-2-4-8-14/h2-5,7-8,10-11H,12-13H2,1H3,(H,19,20). The second-order valence-electron chi connectivity index (χ2n) is 5.19. The highest BCUT2D eigenvalue weighted by Crippen LogP contribution is 2.32. The van der Waals surface area contributed by atoms with Crippen LogP contribution in [-0.4, -0.2) is 23.7 Å². The average Bonchev–Trinajstić information content (AvgIpc) is 2.52. The van der Waals surface area contributed by atoms with Crippen LogP contribution in [0.4, 0.5) is 0 Å². The first-order valence-electron chi connectivity index (χ1n) is 6.84. The van der Waals surface area contributed by atoms with Gasteiger partial charge in [0.15, 0.2) is 6.61 Å². The maximum absolute atomic E-state index is 12.1. The fourth-order valence-electron chi connectivity index (χ4n) is 2.10. The van der Waals surface area contributed by atoms with Crippen LogP contribution in [-0.2, 0) is 14.3 Å². The molecule has 112 valence electrons. The molecule has 1 N–H and O–H groups in total. The average molecular weight is 296 g/mol. The van der Waals surface area contributed by atoms with Crippen molar-refractivity contribution in [2.75, 3.05) is 6.61 Å². The number of rotatable bonds is 3. The summed E-state index contributed by atoms with van der Waals surface area (Å²) in [6.45, 7) is 1.63. The van der Waals surface area contributed by atoms with Crippen molar-refractivity contribution >= 4 is 11.9 Å². The molecule has 1 aliphatic carbocycles. The number of allylic oxidation sites excluding steroid dienone is 2. The van der Waals surface area contributed by atoms with E-state index >= 15 is 0 Å². The number of aliphatic carboxylic acids is 1. The number of carboxylic acid groups (broad SMARTS) is 1. The van der Waals surface area contributed by atoms with E-state index in [2.05, 4.69) is 11.8 Å². The van der Waals surface area contributed by atoms with Gasteiger partial charge in [-0.3, -0.25) is 4.79 Å². The van der Waals surface area contributed by atoms with Gasteiger partial charge in [0.1, 0.15) is 0 Å². The van der Waals surface area contributed by atoms with Crippen molar-refractivity contribution in [3.63, 3.8) is 0 Å². The van der Waals surface area contributed by atoms with E-state index < -0.39 is 17.4 Å². The van der Waals surface area contributed by atoms with Crippen molar-refractivity contribution in [3.05, 3.63) is 59.7 Å². The summed E-state index contributed by atoms with van der Waals surface area (Å²) in [6, 6.07) is 9.39. The molecule has 0 amide bonds. The molecule has 0 aromatic heterocycles. The molecule has 1 atom stereocenters. The number of benzene rings is 1. The van der Waals surface area contributed by atoms with Crippen LogP contribution in [0, 0.1) is 17.3 Å². The molecule has 4 nitrogen and oxygen atoms in total. The van der Waals surface area contributed by atoms with E-state index in [1.54, 1.807) is 19.1 Å². The zero-order valence-corrected chi connectivity index (χ0v) is 12.2. The summed E-state index contributed by atoms with van der Waals surface area (Å²) in [4.78, 5) is 23.1. The Morgan fingerprint density at radius 3 is 2.73 bits per heavy atom. The van der Waals surface area contributed by atoms with Crippen LogP contribution in [0.25, 0.3) is 0 Å². The van der Waals surface area contributed by atoms with Crippen LogP contribution in [0.15, 0.2) is 54.1 Å². The molecule has 0 saturated carbocycles. The number of carboxylic acids is 1. The lowest BCUT2D eigenvalue weighted by atomic mass is 9.80. The van der Waals surface area contributed by atoms with Crippen LogP contribution in [0.1, 0.15) is 18.9 Å². The van der Waals surface area contributed by atoms with Crippen molar-refractivity contribution in [3.8, 4) is 11.8 Å². The number of hydrogen-bond donors (Lipinski definition) is 1. The number of hydrogen-bond acceptors (Lipinski definition) is 3. The molecule has 0 aliphatic heterocycles. The number of carbonyl (C=O) groups is 2. The van der Waals surface area contributed by atoms with Gasteiger partial charge in [-0.1, -0.05) is 48.3 Å². The number of esters is 1. The fourth-order valence-corrected chi connectivity index (χ4v) is 2.10. The molecule has 0 radical (unpaired) electrons. The zero-order valence-electron chi connectivity index (χ0n) is 12.2. The van der Waals surface area contributed by atoms with E-state index in [1.165, 1.54) is 6.08 Å². The Hall–Kier alpha value is -2.80. The topological polar surface area (TPSA) is 63.6 Å². The SMILES string of the molecule is CC1(C(=O)OCC#Cc2ccccc2)C=CC=C(C(=O)O)C1. The fraction of sp³-hybridized carbons (Fsp3) is 0.222. The molecule has 2 rings (SSSR count). The van der Waals surface area contributed by atoms with Crippen molar-refractivity contribution in [1.29, 1.82) is 0 Å². The Morgan fingerprint density at radius 2 is 2.05 bits per heavy atom. The molecule has 1 aliphatic rings. The minimum Gasteiger partial charge on any atom is -0.478 e. The minimum atomic E-state index is -1.02. The minimum absolute atomic E-state index is 0.0245. The highest BCUT2D eigenvalue weighted by atomic mass is 16.5. The van der Waals surface area contributed by atoms with Gasteiger partial charge in [0.2, 0.25) is 0 Å². The van der Waals surface area contributed by atoms with Crippen LogP contribution < -0.4 is 0 Å². The second kappa shape index (κ2) is 6.77. The normalized spacial score (nSPS) is 19.6. The predicted molar refractivity (Wildman–Crippen MR) is 81.9 cm³/mol. The Kier molecular flexibility index (Phi) is 4.80. The molecule has 1 aromatic carbocycles. The molecule has 0 spiro atoms. The van der Waals surface area contributed by atoms with E-state index in [9.17, 15) is 9.59 Å². The number of ether oxygens (including phenoxy) is 1. The highest BCUT2D eigenvalue weighted by molar-refractivity contribution is 5.90. The summed E-state index contributed by atoms with van der Waals surface area (Å²) in [5, 5.41) is 9.02. The Balaban J connectivity index is 1.93. The quantitative estimate of drug-likeness (QED) is 0.688. The van der Waals surface area contributed by atoms with E-state index in [-0.39, 0.29) is 18.6 Å². The molecule has 0 fully saturated rings. The van der Waals surface area contributed by atoms with Gasteiger partial charge in [-0.15, -0.1) is 0 Å². The van der Waals surface area contributed by atoms with Gasteiger partial charge >= 0.3 is 11.9 Å². The first kappa shape index (κ1) is 15.6. The monoisotopic (exact) mass is 296 g/mol. The van der Waals surface area contributed by atoms with Crippen LogP contribution in [0.2, 0.25) is 0 Å². The maximum atomic E-state index is 12.1. The van der Waals surface area contributed by atoms with Crippen LogP contribution in [0.3, 0.4) is 0 Å². The van der Waals surface area contributed by atoms with E-state index in [4.69, 9.17) is 9.84 Å². The van der Waals surface area contributed by atoms with Gasteiger partial charge in [-0.25, -0.2) is 4.79 Å². The second-order valence-corrected chi connectivity index (χ2v) is 5.19. The van der Waals surface area contributed by atoms with Crippen molar-refractivity contribution < 1.29 is 19.4 Å². The largest absolute Gasteiger partial charge is 0.478 e. The van der Waals surface area contributed by atoms with Crippen LogP contribution >= 0.6 is 0 Å². The van der Waals surface area contributed by atoms with E-state index in [1.807, 2.05) is 30.3 Å². The van der Waals surface area contributed by atoms with E-state index in [0.29, 0.717) is 0 Å². The summed E-state index contributed by atoms with van der Waals surface area (Å²) in [5.41, 5.74) is 0.0763. The summed E-state index contributed by atoms with van der Waals surface area (Å²) in [5.74, 6) is 4.17. The zero-order chi connectivity index (χ0) is 16.0. The summed E-state index contributed by atoms with van der Waals surface area (Å²) >= 11 is 0. The van der Waals surface area contributed by atoms with Gasteiger partial charge in [0.05, 0.1) is 5.41 Å².